The van der Waals surface area contributed by atoms with Crippen molar-refractivity contribution >= 4 is 11.9 Å². The van der Waals surface area contributed by atoms with E-state index in [-0.39, 0.29) is 5.91 Å². The van der Waals surface area contributed by atoms with Crippen LogP contribution in [0.4, 0.5) is 0 Å². The first-order valence-electron chi connectivity index (χ1n) is 7.60. The fourth-order valence-corrected chi connectivity index (χ4v) is 3.55. The molecule has 0 bridgehead atoms. The quantitative estimate of drug-likeness (QED) is 0.853. The zero-order valence-electron chi connectivity index (χ0n) is 12.8. The lowest BCUT2D eigenvalue weighted by atomic mass is 9.90. The molecule has 1 N–H and O–H groups in total. The highest BCUT2D eigenvalue weighted by Gasteiger charge is 2.41. The molecule has 0 spiro atoms. The minimum Gasteiger partial charge on any atom is -0.481 e. The molecule has 0 radical (unpaired) electrons. The van der Waals surface area contributed by atoms with Crippen molar-refractivity contribution in [3.63, 3.8) is 0 Å². The van der Waals surface area contributed by atoms with E-state index in [0.717, 1.165) is 12.8 Å². The summed E-state index contributed by atoms with van der Waals surface area (Å²) in [6.45, 7) is 7.52. The Kier molecular flexibility index (Phi) is 4.37. The topological polar surface area (TPSA) is 60.9 Å². The summed E-state index contributed by atoms with van der Waals surface area (Å²) in [4.78, 5) is 27.7. The van der Waals surface area contributed by atoms with Crippen molar-refractivity contribution in [2.45, 2.75) is 58.5 Å². The van der Waals surface area contributed by atoms with E-state index < -0.39 is 11.4 Å². The maximum Gasteiger partial charge on any atom is 0.310 e. The van der Waals surface area contributed by atoms with Gasteiger partial charge in [0.25, 0.3) is 0 Å². The summed E-state index contributed by atoms with van der Waals surface area (Å²) in [5.74, 6) is -0.605. The van der Waals surface area contributed by atoms with Crippen LogP contribution < -0.4 is 0 Å². The Morgan fingerprint density at radius 3 is 2.35 bits per heavy atom. The Bertz CT molecular complexity index is 389. The number of carboxylic acids is 1. The Morgan fingerprint density at radius 1 is 1.25 bits per heavy atom. The summed E-state index contributed by atoms with van der Waals surface area (Å²) in [5, 5.41) is 9.24. The fraction of sp³-hybridized carbons (Fsp3) is 0.867. The summed E-state index contributed by atoms with van der Waals surface area (Å²) >= 11 is 0. The largest absolute Gasteiger partial charge is 0.481 e. The average Bonchev–Trinajstić information content (AvgIpc) is 2.72. The summed E-state index contributed by atoms with van der Waals surface area (Å²) < 4.78 is 0. The van der Waals surface area contributed by atoms with Crippen LogP contribution in [0, 0.1) is 5.41 Å². The predicted molar refractivity (Wildman–Crippen MR) is 76.4 cm³/mol. The summed E-state index contributed by atoms with van der Waals surface area (Å²) in [7, 11) is 0. The van der Waals surface area contributed by atoms with Crippen molar-refractivity contribution in [3.8, 4) is 0 Å². The molecular weight excluding hydrogens is 256 g/mol. The number of aliphatic carboxylic acids is 1. The van der Waals surface area contributed by atoms with Gasteiger partial charge in [-0.3, -0.25) is 14.5 Å². The molecule has 0 aliphatic carbocycles. The molecular formula is C15H26N2O3. The van der Waals surface area contributed by atoms with E-state index in [0.29, 0.717) is 38.1 Å². The maximum absolute atomic E-state index is 12.5. The lowest BCUT2D eigenvalue weighted by Gasteiger charge is -2.40. The van der Waals surface area contributed by atoms with Crippen molar-refractivity contribution in [1.82, 2.24) is 9.80 Å². The van der Waals surface area contributed by atoms with Crippen molar-refractivity contribution < 1.29 is 14.7 Å². The van der Waals surface area contributed by atoms with Gasteiger partial charge in [0.2, 0.25) is 5.91 Å². The van der Waals surface area contributed by atoms with Crippen LogP contribution in [0.1, 0.15) is 46.5 Å². The van der Waals surface area contributed by atoms with Gasteiger partial charge in [0.05, 0.1) is 12.0 Å². The van der Waals surface area contributed by atoms with Crippen LogP contribution in [0.15, 0.2) is 0 Å². The van der Waals surface area contributed by atoms with E-state index >= 15 is 0 Å². The van der Waals surface area contributed by atoms with Gasteiger partial charge >= 0.3 is 5.97 Å². The molecule has 5 heteroatoms. The molecule has 3 atom stereocenters. The van der Waals surface area contributed by atoms with Gasteiger partial charge in [0, 0.05) is 18.6 Å². The molecule has 1 amide bonds. The zero-order chi connectivity index (χ0) is 14.9. The van der Waals surface area contributed by atoms with Gasteiger partial charge in [0.1, 0.15) is 0 Å². The number of carboxylic acid groups (broad SMARTS) is 1. The van der Waals surface area contributed by atoms with E-state index in [1.807, 2.05) is 9.80 Å². The molecule has 2 rings (SSSR count). The number of piperidine rings is 1. The minimum absolute atomic E-state index is 0.152. The van der Waals surface area contributed by atoms with E-state index in [9.17, 15) is 14.7 Å². The van der Waals surface area contributed by atoms with E-state index in [1.165, 1.54) is 6.42 Å². The Balaban J connectivity index is 1.94. The molecule has 2 aliphatic heterocycles. The monoisotopic (exact) mass is 282 g/mol. The SMILES string of the molecule is CC1CCCC(C)N1C(=O)CN1CCC(C)(C(=O)O)C1. The number of carbonyl (C=O) groups is 2. The van der Waals surface area contributed by atoms with Gasteiger partial charge in [-0.25, -0.2) is 0 Å². The third kappa shape index (κ3) is 2.97. The molecule has 3 unspecified atom stereocenters. The van der Waals surface area contributed by atoms with Crippen LogP contribution in [0.25, 0.3) is 0 Å². The first-order valence-corrected chi connectivity index (χ1v) is 7.60. The Labute approximate surface area is 120 Å². The van der Waals surface area contributed by atoms with E-state index in [4.69, 9.17) is 0 Å². The van der Waals surface area contributed by atoms with Crippen LogP contribution in [0.3, 0.4) is 0 Å². The van der Waals surface area contributed by atoms with Crippen LogP contribution in [0.5, 0.6) is 0 Å². The Hall–Kier alpha value is -1.10. The normalized spacial score (nSPS) is 35.2. The first-order chi connectivity index (χ1) is 9.33. The van der Waals surface area contributed by atoms with Crippen LogP contribution in [-0.2, 0) is 9.59 Å². The highest BCUT2D eigenvalue weighted by Crippen LogP contribution is 2.30. The molecule has 20 heavy (non-hydrogen) atoms. The van der Waals surface area contributed by atoms with Crippen molar-refractivity contribution in [2.75, 3.05) is 19.6 Å². The van der Waals surface area contributed by atoms with Gasteiger partial charge in [-0.1, -0.05) is 0 Å². The maximum atomic E-state index is 12.5. The van der Waals surface area contributed by atoms with Gasteiger partial charge in [-0.05, 0) is 53.0 Å². The van der Waals surface area contributed by atoms with Gasteiger partial charge in [0.15, 0.2) is 0 Å². The molecule has 2 saturated heterocycles. The van der Waals surface area contributed by atoms with Gasteiger partial charge < -0.3 is 10.0 Å². The van der Waals surface area contributed by atoms with Gasteiger partial charge in [-0.15, -0.1) is 0 Å². The summed E-state index contributed by atoms with van der Waals surface area (Å²) in [6, 6.07) is 0.611. The molecule has 0 aromatic rings. The van der Waals surface area contributed by atoms with Crippen molar-refractivity contribution in [2.24, 2.45) is 5.41 Å². The van der Waals surface area contributed by atoms with Crippen molar-refractivity contribution in [1.29, 1.82) is 0 Å². The number of rotatable bonds is 3. The zero-order valence-corrected chi connectivity index (χ0v) is 12.8. The lowest BCUT2D eigenvalue weighted by molar-refractivity contribution is -0.147. The molecule has 114 valence electrons. The number of hydrogen-bond donors (Lipinski definition) is 1. The average molecular weight is 282 g/mol. The molecule has 0 aromatic heterocycles. The second-order valence-electron chi connectivity index (χ2n) is 6.76. The lowest BCUT2D eigenvalue weighted by Crippen LogP contribution is -2.51. The third-order valence-electron chi connectivity index (χ3n) is 4.91. The number of carbonyl (C=O) groups excluding carboxylic acids is 1. The highest BCUT2D eigenvalue weighted by atomic mass is 16.4. The molecule has 2 fully saturated rings. The second-order valence-corrected chi connectivity index (χ2v) is 6.76. The van der Waals surface area contributed by atoms with E-state index in [1.54, 1.807) is 6.92 Å². The molecule has 2 heterocycles. The van der Waals surface area contributed by atoms with Crippen LogP contribution in [-0.4, -0.2) is 58.5 Å². The highest BCUT2D eigenvalue weighted by molar-refractivity contribution is 5.79. The number of likely N-dealkylation sites (tertiary alicyclic amines) is 2. The number of hydrogen-bond acceptors (Lipinski definition) is 3. The fourth-order valence-electron chi connectivity index (χ4n) is 3.55. The molecule has 0 aromatic carbocycles. The third-order valence-corrected chi connectivity index (χ3v) is 4.91. The second kappa shape index (κ2) is 5.72. The minimum atomic E-state index is -0.757. The number of nitrogens with zero attached hydrogens (tertiary/aromatic N) is 2. The van der Waals surface area contributed by atoms with Crippen LogP contribution >= 0.6 is 0 Å². The molecule has 2 aliphatic rings. The smallest absolute Gasteiger partial charge is 0.310 e. The molecule has 5 nitrogen and oxygen atoms in total. The summed E-state index contributed by atoms with van der Waals surface area (Å²) in [6.07, 6.45) is 3.96. The van der Waals surface area contributed by atoms with Crippen LogP contribution in [0.2, 0.25) is 0 Å². The summed E-state index contributed by atoms with van der Waals surface area (Å²) in [5.41, 5.74) is -0.695. The number of amides is 1. The van der Waals surface area contributed by atoms with Crippen molar-refractivity contribution in [3.05, 3.63) is 0 Å². The predicted octanol–water partition coefficient (Wildman–Crippen LogP) is 1.57. The van der Waals surface area contributed by atoms with Gasteiger partial charge in [-0.2, -0.15) is 0 Å². The Morgan fingerprint density at radius 2 is 1.85 bits per heavy atom. The van der Waals surface area contributed by atoms with E-state index in [2.05, 4.69) is 13.8 Å². The molecule has 0 saturated carbocycles. The first kappa shape index (κ1) is 15.3. The standard InChI is InChI=1S/C15H26N2O3/c1-11-5-4-6-12(2)17(11)13(18)9-16-8-7-15(3,10-16)14(19)20/h11-12H,4-10H2,1-3H3,(H,19,20).